The summed E-state index contributed by atoms with van der Waals surface area (Å²) in [6.45, 7) is 4.77. The van der Waals surface area contributed by atoms with Crippen molar-refractivity contribution in [2.24, 2.45) is 5.73 Å². The quantitative estimate of drug-likeness (QED) is 0.803. The maximum atomic E-state index is 5.60. The highest BCUT2D eigenvalue weighted by atomic mass is 32.1. The molecule has 0 saturated heterocycles. The van der Waals surface area contributed by atoms with E-state index in [0.717, 1.165) is 10.7 Å². The van der Waals surface area contributed by atoms with Crippen LogP contribution in [0.2, 0.25) is 0 Å². The molecule has 1 heterocycles. The lowest BCUT2D eigenvalue weighted by molar-refractivity contribution is 0.320. The van der Waals surface area contributed by atoms with Gasteiger partial charge < -0.3 is 10.6 Å². The van der Waals surface area contributed by atoms with E-state index in [2.05, 4.69) is 30.9 Å². The van der Waals surface area contributed by atoms with Crippen molar-refractivity contribution in [3.63, 3.8) is 0 Å². The molecule has 2 N–H and O–H groups in total. The third-order valence-electron chi connectivity index (χ3n) is 2.23. The summed E-state index contributed by atoms with van der Waals surface area (Å²) < 4.78 is 0. The molecule has 1 rings (SSSR count). The van der Waals surface area contributed by atoms with E-state index >= 15 is 0 Å². The van der Waals surface area contributed by atoms with Gasteiger partial charge in [-0.2, -0.15) is 0 Å². The zero-order valence-electron chi connectivity index (χ0n) is 8.66. The lowest BCUT2D eigenvalue weighted by atomic mass is 10.3. The number of rotatable bonds is 3. The Bertz CT molecular complexity index is 280. The van der Waals surface area contributed by atoms with Crippen molar-refractivity contribution in [3.05, 3.63) is 15.6 Å². The summed E-state index contributed by atoms with van der Waals surface area (Å²) in [5.41, 5.74) is 6.68. The van der Waals surface area contributed by atoms with E-state index in [1.807, 2.05) is 6.92 Å². The SMILES string of the molecule is Cc1nc(C(C)N(C)C)sc1CN. The van der Waals surface area contributed by atoms with Gasteiger partial charge in [0.1, 0.15) is 5.01 Å². The van der Waals surface area contributed by atoms with E-state index < -0.39 is 0 Å². The number of aryl methyl sites for hydroxylation is 1. The van der Waals surface area contributed by atoms with Crippen molar-refractivity contribution < 1.29 is 0 Å². The van der Waals surface area contributed by atoms with Gasteiger partial charge in [-0.3, -0.25) is 0 Å². The molecule has 0 aliphatic rings. The Labute approximate surface area is 83.6 Å². The topological polar surface area (TPSA) is 42.2 Å². The van der Waals surface area contributed by atoms with E-state index in [1.165, 1.54) is 4.88 Å². The summed E-state index contributed by atoms with van der Waals surface area (Å²) >= 11 is 1.72. The van der Waals surface area contributed by atoms with Crippen LogP contribution in [0, 0.1) is 6.92 Å². The lowest BCUT2D eigenvalue weighted by Crippen LogP contribution is -2.16. The average Bonchev–Trinajstić information content (AvgIpc) is 2.45. The van der Waals surface area contributed by atoms with Gasteiger partial charge in [0.05, 0.1) is 11.7 Å². The van der Waals surface area contributed by atoms with Crippen molar-refractivity contribution in [3.8, 4) is 0 Å². The van der Waals surface area contributed by atoms with Crippen LogP contribution in [0.15, 0.2) is 0 Å². The Hall–Kier alpha value is -0.450. The van der Waals surface area contributed by atoms with Crippen LogP contribution in [-0.4, -0.2) is 24.0 Å². The zero-order valence-corrected chi connectivity index (χ0v) is 9.48. The Morgan fingerprint density at radius 3 is 2.54 bits per heavy atom. The normalized spacial score (nSPS) is 13.7. The van der Waals surface area contributed by atoms with Gasteiger partial charge in [0, 0.05) is 11.4 Å². The first-order chi connectivity index (χ1) is 6.06. The summed E-state index contributed by atoms with van der Waals surface area (Å²) in [6.07, 6.45) is 0. The van der Waals surface area contributed by atoms with Gasteiger partial charge in [0.25, 0.3) is 0 Å². The molecular weight excluding hydrogens is 182 g/mol. The van der Waals surface area contributed by atoms with Crippen LogP contribution in [0.1, 0.15) is 28.5 Å². The standard InChI is InChI=1S/C9H17N3S/c1-6-8(5-10)13-9(11-6)7(2)12(3)4/h7H,5,10H2,1-4H3. The second-order valence-corrected chi connectivity index (χ2v) is 4.52. The number of aromatic nitrogens is 1. The summed E-state index contributed by atoms with van der Waals surface area (Å²) in [4.78, 5) is 7.85. The molecule has 74 valence electrons. The van der Waals surface area contributed by atoms with E-state index in [4.69, 9.17) is 5.73 Å². The summed E-state index contributed by atoms with van der Waals surface area (Å²) in [6, 6.07) is 0.379. The number of thiazole rings is 1. The van der Waals surface area contributed by atoms with Crippen molar-refractivity contribution in [2.45, 2.75) is 26.4 Å². The summed E-state index contributed by atoms with van der Waals surface area (Å²) in [7, 11) is 4.12. The Kier molecular flexibility index (Phi) is 3.41. The fourth-order valence-electron chi connectivity index (χ4n) is 1.04. The third-order valence-corrected chi connectivity index (χ3v) is 3.58. The predicted octanol–water partition coefficient (Wildman–Crippen LogP) is 1.53. The maximum absolute atomic E-state index is 5.60. The summed E-state index contributed by atoms with van der Waals surface area (Å²) in [5, 5.41) is 1.16. The fourth-order valence-corrected chi connectivity index (χ4v) is 2.13. The molecule has 3 nitrogen and oxygen atoms in total. The zero-order chi connectivity index (χ0) is 10.0. The molecule has 13 heavy (non-hydrogen) atoms. The number of hydrogen-bond donors (Lipinski definition) is 1. The van der Waals surface area contributed by atoms with Crippen molar-refractivity contribution in [2.75, 3.05) is 14.1 Å². The molecule has 0 amide bonds. The van der Waals surface area contributed by atoms with Gasteiger partial charge in [-0.25, -0.2) is 4.98 Å². The van der Waals surface area contributed by atoms with E-state index in [1.54, 1.807) is 11.3 Å². The maximum Gasteiger partial charge on any atom is 0.110 e. The van der Waals surface area contributed by atoms with Crippen LogP contribution in [-0.2, 0) is 6.54 Å². The van der Waals surface area contributed by atoms with Crippen LogP contribution >= 0.6 is 11.3 Å². The van der Waals surface area contributed by atoms with Gasteiger partial charge in [-0.15, -0.1) is 11.3 Å². The minimum atomic E-state index is 0.379. The highest BCUT2D eigenvalue weighted by Gasteiger charge is 2.14. The van der Waals surface area contributed by atoms with Crippen LogP contribution in [0.5, 0.6) is 0 Å². The monoisotopic (exact) mass is 199 g/mol. The van der Waals surface area contributed by atoms with E-state index in [9.17, 15) is 0 Å². The number of nitrogens with two attached hydrogens (primary N) is 1. The molecule has 0 aliphatic carbocycles. The summed E-state index contributed by atoms with van der Waals surface area (Å²) in [5.74, 6) is 0. The first-order valence-electron chi connectivity index (χ1n) is 4.39. The highest BCUT2D eigenvalue weighted by Crippen LogP contribution is 2.25. The molecule has 0 aliphatic heterocycles. The van der Waals surface area contributed by atoms with Gasteiger partial charge >= 0.3 is 0 Å². The number of hydrogen-bond acceptors (Lipinski definition) is 4. The van der Waals surface area contributed by atoms with Crippen LogP contribution in [0.25, 0.3) is 0 Å². The second-order valence-electron chi connectivity index (χ2n) is 3.40. The van der Waals surface area contributed by atoms with Gasteiger partial charge in [-0.05, 0) is 27.9 Å². The first-order valence-corrected chi connectivity index (χ1v) is 5.20. The fraction of sp³-hybridized carbons (Fsp3) is 0.667. The Morgan fingerprint density at radius 1 is 1.54 bits per heavy atom. The van der Waals surface area contributed by atoms with E-state index in [-0.39, 0.29) is 0 Å². The van der Waals surface area contributed by atoms with E-state index in [0.29, 0.717) is 12.6 Å². The van der Waals surface area contributed by atoms with Gasteiger partial charge in [0.2, 0.25) is 0 Å². The first kappa shape index (κ1) is 10.6. The predicted molar refractivity (Wildman–Crippen MR) is 56.8 cm³/mol. The van der Waals surface area contributed by atoms with Crippen molar-refractivity contribution in [1.82, 2.24) is 9.88 Å². The number of nitrogens with zero attached hydrogens (tertiary/aromatic N) is 2. The minimum absolute atomic E-state index is 0.379. The molecule has 0 aromatic carbocycles. The molecule has 0 saturated carbocycles. The molecule has 4 heteroatoms. The van der Waals surface area contributed by atoms with Crippen LogP contribution in [0.3, 0.4) is 0 Å². The minimum Gasteiger partial charge on any atom is -0.326 e. The largest absolute Gasteiger partial charge is 0.326 e. The van der Waals surface area contributed by atoms with Crippen molar-refractivity contribution in [1.29, 1.82) is 0 Å². The Morgan fingerprint density at radius 2 is 2.15 bits per heavy atom. The molecule has 1 aromatic heterocycles. The lowest BCUT2D eigenvalue weighted by Gasteiger charge is -2.16. The molecule has 0 radical (unpaired) electrons. The van der Waals surface area contributed by atoms with Crippen LogP contribution < -0.4 is 5.73 Å². The highest BCUT2D eigenvalue weighted by molar-refractivity contribution is 7.11. The molecule has 0 bridgehead atoms. The molecule has 1 atom stereocenters. The molecule has 1 unspecified atom stereocenters. The molecule has 1 aromatic rings. The van der Waals surface area contributed by atoms with Gasteiger partial charge in [0.15, 0.2) is 0 Å². The average molecular weight is 199 g/mol. The third kappa shape index (κ3) is 2.27. The molecule has 0 fully saturated rings. The van der Waals surface area contributed by atoms with Crippen molar-refractivity contribution >= 4 is 11.3 Å². The van der Waals surface area contributed by atoms with Crippen LogP contribution in [0.4, 0.5) is 0 Å². The smallest absolute Gasteiger partial charge is 0.110 e. The second kappa shape index (κ2) is 4.17. The van der Waals surface area contributed by atoms with Gasteiger partial charge in [-0.1, -0.05) is 0 Å². The molecule has 0 spiro atoms. The Balaban J connectivity index is 2.90. The molecular formula is C9H17N3S.